The van der Waals surface area contributed by atoms with E-state index in [-0.39, 0.29) is 18.4 Å². The summed E-state index contributed by atoms with van der Waals surface area (Å²) in [4.78, 5) is 16.3. The summed E-state index contributed by atoms with van der Waals surface area (Å²) in [5.74, 6) is 1.20. The maximum Gasteiger partial charge on any atom is 0.333 e. The topological polar surface area (TPSA) is 59.8 Å². The number of alkyl halides is 2. The van der Waals surface area contributed by atoms with Gasteiger partial charge in [-0.15, -0.1) is 0 Å². The van der Waals surface area contributed by atoms with Gasteiger partial charge in [-0.1, -0.05) is 6.07 Å². The minimum atomic E-state index is -2.74. The molecule has 7 nitrogen and oxygen atoms in total. The van der Waals surface area contributed by atoms with Crippen LogP contribution in [-0.4, -0.2) is 58.5 Å². The Morgan fingerprint density at radius 3 is 2.62 bits per heavy atom. The molecule has 1 amide bonds. The highest BCUT2D eigenvalue weighted by Gasteiger charge is 2.24. The van der Waals surface area contributed by atoms with Crippen molar-refractivity contribution in [1.29, 1.82) is 0 Å². The van der Waals surface area contributed by atoms with Gasteiger partial charge < -0.3 is 14.4 Å². The van der Waals surface area contributed by atoms with Crippen LogP contribution in [0, 0.1) is 0 Å². The molecule has 2 aromatic rings. The number of hydrogen-bond acceptors (Lipinski definition) is 5. The summed E-state index contributed by atoms with van der Waals surface area (Å²) >= 11 is 0. The van der Waals surface area contributed by atoms with Gasteiger partial charge in [0, 0.05) is 38.9 Å². The van der Waals surface area contributed by atoms with Crippen molar-refractivity contribution in [2.24, 2.45) is 0 Å². The highest BCUT2D eigenvalue weighted by Crippen LogP contribution is 2.32. The van der Waals surface area contributed by atoms with Crippen molar-refractivity contribution in [2.75, 3.05) is 33.0 Å². The van der Waals surface area contributed by atoms with E-state index in [1.54, 1.807) is 4.90 Å². The van der Waals surface area contributed by atoms with Gasteiger partial charge in [0.2, 0.25) is 6.79 Å². The molecule has 0 saturated carbocycles. The summed E-state index contributed by atoms with van der Waals surface area (Å²) in [5, 5.41) is 3.64. The minimum Gasteiger partial charge on any atom is -0.454 e. The summed E-state index contributed by atoms with van der Waals surface area (Å²) in [6.07, 6.45) is 1.12. The average molecular weight is 364 g/mol. The van der Waals surface area contributed by atoms with Crippen molar-refractivity contribution < 1.29 is 23.0 Å². The van der Waals surface area contributed by atoms with Crippen LogP contribution in [0.15, 0.2) is 30.5 Å². The predicted octanol–water partition coefficient (Wildman–Crippen LogP) is 1.96. The smallest absolute Gasteiger partial charge is 0.333 e. The monoisotopic (exact) mass is 364 g/mol. The van der Waals surface area contributed by atoms with E-state index in [1.165, 1.54) is 6.07 Å². The fraction of sp³-hybridized carbons (Fsp3) is 0.412. The van der Waals surface area contributed by atoms with Crippen LogP contribution in [-0.2, 0) is 6.54 Å². The average Bonchev–Trinajstić information content (AvgIpc) is 3.31. The molecule has 0 radical (unpaired) electrons. The molecule has 138 valence electrons. The molecular formula is C17H18F2N4O3. The third-order valence-electron chi connectivity index (χ3n) is 4.53. The van der Waals surface area contributed by atoms with E-state index in [0.717, 1.165) is 29.8 Å². The van der Waals surface area contributed by atoms with Crippen LogP contribution in [0.2, 0.25) is 0 Å². The second-order valence-electron chi connectivity index (χ2n) is 6.21. The number of fused-ring (bicyclic) bond motifs is 1. The third-order valence-corrected chi connectivity index (χ3v) is 4.53. The standard InChI is InChI=1S/C17H18F2N4O3/c18-17(19)23-4-3-13(20-23)16(24)22-7-5-21(6-8-22)10-12-1-2-14-15(9-12)26-11-25-14/h1-4,9,17H,5-8,10-11H2. The number of amides is 1. The first-order valence-electron chi connectivity index (χ1n) is 8.33. The molecule has 1 aromatic carbocycles. The molecule has 9 heteroatoms. The van der Waals surface area contributed by atoms with Crippen LogP contribution in [0.25, 0.3) is 0 Å². The molecule has 0 spiro atoms. The van der Waals surface area contributed by atoms with E-state index >= 15 is 0 Å². The van der Waals surface area contributed by atoms with Crippen LogP contribution in [0.5, 0.6) is 11.5 Å². The first-order valence-corrected chi connectivity index (χ1v) is 8.33. The summed E-state index contributed by atoms with van der Waals surface area (Å²) < 4.78 is 36.3. The van der Waals surface area contributed by atoms with Crippen LogP contribution in [0.4, 0.5) is 8.78 Å². The van der Waals surface area contributed by atoms with Crippen LogP contribution in [0.1, 0.15) is 22.6 Å². The molecule has 2 aliphatic rings. The SMILES string of the molecule is O=C(c1ccn(C(F)F)n1)N1CCN(Cc2ccc3c(c2)OCO3)CC1. The Balaban J connectivity index is 1.33. The van der Waals surface area contributed by atoms with Gasteiger partial charge in [0.25, 0.3) is 5.91 Å². The van der Waals surface area contributed by atoms with Crippen molar-refractivity contribution in [3.05, 3.63) is 41.7 Å². The minimum absolute atomic E-state index is 0.0505. The highest BCUT2D eigenvalue weighted by atomic mass is 19.3. The van der Waals surface area contributed by atoms with E-state index in [2.05, 4.69) is 10.00 Å². The third kappa shape index (κ3) is 3.34. The van der Waals surface area contributed by atoms with E-state index < -0.39 is 6.55 Å². The molecule has 1 aromatic heterocycles. The Morgan fingerprint density at radius 1 is 1.12 bits per heavy atom. The fourth-order valence-corrected chi connectivity index (χ4v) is 3.13. The van der Waals surface area contributed by atoms with Gasteiger partial charge in [-0.3, -0.25) is 9.69 Å². The van der Waals surface area contributed by atoms with E-state index in [4.69, 9.17) is 9.47 Å². The molecule has 0 atom stereocenters. The fourth-order valence-electron chi connectivity index (χ4n) is 3.13. The Labute approximate surface area is 148 Å². The maximum absolute atomic E-state index is 12.6. The van der Waals surface area contributed by atoms with Crippen molar-refractivity contribution in [3.8, 4) is 11.5 Å². The largest absolute Gasteiger partial charge is 0.454 e. The normalized spacial score (nSPS) is 17.1. The number of benzene rings is 1. The lowest BCUT2D eigenvalue weighted by Gasteiger charge is -2.34. The highest BCUT2D eigenvalue weighted by molar-refractivity contribution is 5.92. The van der Waals surface area contributed by atoms with Crippen molar-refractivity contribution in [2.45, 2.75) is 13.1 Å². The van der Waals surface area contributed by atoms with Gasteiger partial charge in [0.1, 0.15) is 0 Å². The quantitative estimate of drug-likeness (QED) is 0.830. The maximum atomic E-state index is 12.6. The van der Waals surface area contributed by atoms with Gasteiger partial charge in [-0.25, -0.2) is 4.68 Å². The lowest BCUT2D eigenvalue weighted by Crippen LogP contribution is -2.48. The molecular weight excluding hydrogens is 346 g/mol. The van der Waals surface area contributed by atoms with Gasteiger partial charge in [-0.2, -0.15) is 13.9 Å². The second kappa shape index (κ2) is 6.91. The van der Waals surface area contributed by atoms with E-state index in [0.29, 0.717) is 30.9 Å². The molecule has 2 aliphatic heterocycles. The summed E-state index contributed by atoms with van der Waals surface area (Å²) in [7, 11) is 0. The zero-order valence-electron chi connectivity index (χ0n) is 14.0. The zero-order chi connectivity index (χ0) is 18.1. The zero-order valence-corrected chi connectivity index (χ0v) is 14.0. The molecule has 3 heterocycles. The Morgan fingerprint density at radius 2 is 1.88 bits per heavy atom. The number of rotatable bonds is 4. The molecule has 1 saturated heterocycles. The van der Waals surface area contributed by atoms with Gasteiger partial charge in [0.15, 0.2) is 17.2 Å². The molecule has 1 fully saturated rings. The number of ether oxygens (including phenoxy) is 2. The number of aromatic nitrogens is 2. The number of carbonyl (C=O) groups is 1. The number of hydrogen-bond donors (Lipinski definition) is 0. The van der Waals surface area contributed by atoms with Crippen LogP contribution >= 0.6 is 0 Å². The first-order chi connectivity index (χ1) is 12.6. The number of halogens is 2. The molecule has 0 bridgehead atoms. The molecule has 0 unspecified atom stereocenters. The number of nitrogens with zero attached hydrogens (tertiary/aromatic N) is 4. The summed E-state index contributed by atoms with van der Waals surface area (Å²) in [5.41, 5.74) is 1.17. The van der Waals surface area contributed by atoms with Gasteiger partial charge in [0.05, 0.1) is 0 Å². The molecule has 4 rings (SSSR count). The molecule has 0 aliphatic carbocycles. The van der Waals surface area contributed by atoms with Gasteiger partial charge >= 0.3 is 6.55 Å². The number of piperazine rings is 1. The lowest BCUT2D eigenvalue weighted by atomic mass is 10.1. The molecule has 26 heavy (non-hydrogen) atoms. The van der Waals surface area contributed by atoms with E-state index in [1.807, 2.05) is 18.2 Å². The first kappa shape index (κ1) is 16.8. The van der Waals surface area contributed by atoms with E-state index in [9.17, 15) is 13.6 Å². The summed E-state index contributed by atoms with van der Waals surface area (Å²) in [6, 6.07) is 7.20. The molecule has 0 N–H and O–H groups in total. The Kier molecular flexibility index (Phi) is 4.46. The van der Waals surface area contributed by atoms with Crippen molar-refractivity contribution >= 4 is 5.91 Å². The van der Waals surface area contributed by atoms with Crippen LogP contribution in [0.3, 0.4) is 0 Å². The summed E-state index contributed by atoms with van der Waals surface area (Å²) in [6.45, 7) is 0.732. The second-order valence-corrected chi connectivity index (χ2v) is 6.21. The van der Waals surface area contributed by atoms with Gasteiger partial charge in [-0.05, 0) is 23.8 Å². The number of carbonyl (C=O) groups excluding carboxylic acids is 1. The van der Waals surface area contributed by atoms with Crippen molar-refractivity contribution in [1.82, 2.24) is 19.6 Å². The Bertz CT molecular complexity index is 803. The lowest BCUT2D eigenvalue weighted by molar-refractivity contribution is 0.0534. The van der Waals surface area contributed by atoms with Crippen molar-refractivity contribution in [3.63, 3.8) is 0 Å². The Hall–Kier alpha value is -2.68. The predicted molar refractivity (Wildman–Crippen MR) is 87.2 cm³/mol. The van der Waals surface area contributed by atoms with Crippen LogP contribution < -0.4 is 9.47 Å².